The molecule has 0 spiro atoms. The molecule has 16 heavy (non-hydrogen) atoms. The molecule has 1 heterocycles. The predicted molar refractivity (Wildman–Crippen MR) is 62.0 cm³/mol. The van der Waals surface area contributed by atoms with Gasteiger partial charge in [0.05, 0.1) is 6.07 Å². The van der Waals surface area contributed by atoms with Crippen LogP contribution in [0.15, 0.2) is 36.5 Å². The van der Waals surface area contributed by atoms with Gasteiger partial charge in [0.15, 0.2) is 12.7 Å². The number of rotatable bonds is 5. The predicted octanol–water partition coefficient (Wildman–Crippen LogP) is 2.26. The van der Waals surface area contributed by atoms with E-state index < -0.39 is 0 Å². The molecule has 0 saturated heterocycles. The molecule has 0 radical (unpaired) electrons. The Balaban J connectivity index is 2.78. The van der Waals surface area contributed by atoms with Crippen LogP contribution in [0.3, 0.4) is 0 Å². The highest BCUT2D eigenvalue weighted by atomic mass is 16.5. The fourth-order valence-corrected chi connectivity index (χ4v) is 1.25. The summed E-state index contributed by atoms with van der Waals surface area (Å²) < 4.78 is 7.16. The zero-order valence-electron chi connectivity index (χ0n) is 9.90. The van der Waals surface area contributed by atoms with E-state index in [4.69, 9.17) is 4.74 Å². The second-order valence-corrected chi connectivity index (χ2v) is 3.76. The van der Waals surface area contributed by atoms with Gasteiger partial charge < -0.3 is 4.74 Å². The smallest absolute Gasteiger partial charge is 0.367 e. The van der Waals surface area contributed by atoms with Gasteiger partial charge in [-0.1, -0.05) is 19.9 Å². The van der Waals surface area contributed by atoms with E-state index in [0.29, 0.717) is 11.5 Å². The number of carbonyl (C=O) groups excluding carboxylic acids is 1. The van der Waals surface area contributed by atoms with E-state index in [1.54, 1.807) is 13.0 Å². The first kappa shape index (κ1) is 12.4. The van der Waals surface area contributed by atoms with Gasteiger partial charge in [-0.2, -0.15) is 4.57 Å². The SMILES string of the molecule is C=C(C)C(=O)Oc1cccc[n+]1CCCC. The van der Waals surface area contributed by atoms with Gasteiger partial charge in [0, 0.05) is 18.1 Å². The average molecular weight is 220 g/mol. The standard InChI is InChI=1S/C13H18NO2/c1-4-5-9-14-10-7-6-8-12(14)16-13(15)11(2)3/h6-8,10H,2,4-5,9H2,1,3H3/q+1. The van der Waals surface area contributed by atoms with Crippen molar-refractivity contribution < 1.29 is 14.1 Å². The second-order valence-electron chi connectivity index (χ2n) is 3.76. The Morgan fingerprint density at radius 1 is 1.50 bits per heavy atom. The Morgan fingerprint density at radius 2 is 2.25 bits per heavy atom. The molecule has 0 atom stereocenters. The van der Waals surface area contributed by atoms with Gasteiger partial charge in [0.1, 0.15) is 0 Å². The zero-order chi connectivity index (χ0) is 12.0. The quantitative estimate of drug-likeness (QED) is 0.433. The summed E-state index contributed by atoms with van der Waals surface area (Å²) in [6.45, 7) is 8.19. The van der Waals surface area contributed by atoms with Gasteiger partial charge in [0.2, 0.25) is 0 Å². The molecule has 1 rings (SSSR count). The number of carbonyl (C=O) groups is 1. The number of aryl methyl sites for hydroxylation is 1. The molecule has 0 aromatic carbocycles. The van der Waals surface area contributed by atoms with Crippen molar-refractivity contribution in [2.24, 2.45) is 0 Å². The van der Waals surface area contributed by atoms with E-state index in [1.165, 1.54) is 0 Å². The summed E-state index contributed by atoms with van der Waals surface area (Å²) in [5.74, 6) is 0.195. The van der Waals surface area contributed by atoms with Crippen LogP contribution in [0.25, 0.3) is 0 Å². The summed E-state index contributed by atoms with van der Waals surface area (Å²) in [4.78, 5) is 11.4. The summed E-state index contributed by atoms with van der Waals surface area (Å²) in [6, 6.07) is 5.56. The maximum absolute atomic E-state index is 11.4. The van der Waals surface area contributed by atoms with Crippen LogP contribution < -0.4 is 9.30 Å². The fraction of sp³-hybridized carbons (Fsp3) is 0.385. The lowest BCUT2D eigenvalue weighted by molar-refractivity contribution is -0.700. The monoisotopic (exact) mass is 220 g/mol. The molecule has 0 aliphatic heterocycles. The largest absolute Gasteiger partial charge is 0.375 e. The fourth-order valence-electron chi connectivity index (χ4n) is 1.25. The molecule has 86 valence electrons. The molecule has 3 nitrogen and oxygen atoms in total. The van der Waals surface area contributed by atoms with Crippen molar-refractivity contribution >= 4 is 5.97 Å². The Kier molecular flexibility index (Phi) is 4.70. The third kappa shape index (κ3) is 3.50. The summed E-state index contributed by atoms with van der Waals surface area (Å²) >= 11 is 0. The highest BCUT2D eigenvalue weighted by Gasteiger charge is 2.14. The number of hydrogen-bond acceptors (Lipinski definition) is 2. The Labute approximate surface area is 96.4 Å². The molecule has 1 aromatic rings. The second kappa shape index (κ2) is 6.05. The van der Waals surface area contributed by atoms with E-state index in [9.17, 15) is 4.79 Å². The molecule has 0 aliphatic rings. The average Bonchev–Trinajstić information content (AvgIpc) is 2.27. The maximum atomic E-state index is 11.4. The molecule has 3 heteroatoms. The van der Waals surface area contributed by atoms with E-state index >= 15 is 0 Å². The van der Waals surface area contributed by atoms with Crippen molar-refractivity contribution in [3.8, 4) is 5.88 Å². The molecule has 0 amide bonds. The van der Waals surface area contributed by atoms with Crippen molar-refractivity contribution in [1.82, 2.24) is 0 Å². The van der Waals surface area contributed by atoms with Gasteiger partial charge in [-0.05, 0) is 13.0 Å². The number of nitrogens with zero attached hydrogens (tertiary/aromatic N) is 1. The molecule has 1 aromatic heterocycles. The normalized spacial score (nSPS) is 9.88. The van der Waals surface area contributed by atoms with Crippen LogP contribution >= 0.6 is 0 Å². The summed E-state index contributed by atoms with van der Waals surface area (Å²) in [5, 5.41) is 0. The zero-order valence-corrected chi connectivity index (χ0v) is 9.90. The van der Waals surface area contributed by atoms with Crippen LogP contribution in [0.5, 0.6) is 5.88 Å². The van der Waals surface area contributed by atoms with Gasteiger partial charge in [0.25, 0.3) is 0 Å². The molecule has 0 fully saturated rings. The van der Waals surface area contributed by atoms with Crippen LogP contribution in [0, 0.1) is 0 Å². The van der Waals surface area contributed by atoms with E-state index in [0.717, 1.165) is 19.4 Å². The Bertz CT molecular complexity index is 385. The third-order valence-electron chi connectivity index (χ3n) is 2.20. The highest BCUT2D eigenvalue weighted by molar-refractivity contribution is 5.88. The molecular weight excluding hydrogens is 202 g/mol. The number of pyridine rings is 1. The topological polar surface area (TPSA) is 30.2 Å². The summed E-state index contributed by atoms with van der Waals surface area (Å²) in [5.41, 5.74) is 0.408. The van der Waals surface area contributed by atoms with Crippen molar-refractivity contribution in [3.63, 3.8) is 0 Å². The number of hydrogen-bond donors (Lipinski definition) is 0. The minimum Gasteiger partial charge on any atom is -0.367 e. The lowest BCUT2D eigenvalue weighted by Gasteiger charge is -2.03. The minimum absolute atomic E-state index is 0.378. The number of unbranched alkanes of at least 4 members (excludes halogenated alkanes) is 1. The number of ether oxygens (including phenoxy) is 1. The van der Waals surface area contributed by atoms with Gasteiger partial charge in [-0.3, -0.25) is 0 Å². The lowest BCUT2D eigenvalue weighted by atomic mass is 10.3. The van der Waals surface area contributed by atoms with Crippen LogP contribution in [0.1, 0.15) is 26.7 Å². The van der Waals surface area contributed by atoms with E-state index in [-0.39, 0.29) is 5.97 Å². The van der Waals surface area contributed by atoms with Crippen molar-refractivity contribution in [2.75, 3.05) is 0 Å². The van der Waals surface area contributed by atoms with E-state index in [1.807, 2.05) is 22.9 Å². The van der Waals surface area contributed by atoms with Gasteiger partial charge in [-0.15, -0.1) is 0 Å². The first-order valence-electron chi connectivity index (χ1n) is 5.51. The van der Waals surface area contributed by atoms with Crippen molar-refractivity contribution in [3.05, 3.63) is 36.5 Å². The maximum Gasteiger partial charge on any atom is 0.375 e. The van der Waals surface area contributed by atoms with Crippen LogP contribution in [0.4, 0.5) is 0 Å². The van der Waals surface area contributed by atoms with Crippen LogP contribution in [-0.4, -0.2) is 5.97 Å². The van der Waals surface area contributed by atoms with Crippen LogP contribution in [0.2, 0.25) is 0 Å². The molecule has 0 unspecified atom stereocenters. The first-order chi connectivity index (χ1) is 7.65. The Hall–Kier alpha value is -1.64. The molecule has 0 N–H and O–H groups in total. The minimum atomic E-state index is -0.378. The van der Waals surface area contributed by atoms with Crippen LogP contribution in [-0.2, 0) is 11.3 Å². The molecule has 0 aliphatic carbocycles. The lowest BCUT2D eigenvalue weighted by Crippen LogP contribution is -2.36. The summed E-state index contributed by atoms with van der Waals surface area (Å²) in [6.07, 6.45) is 4.08. The van der Waals surface area contributed by atoms with Crippen molar-refractivity contribution in [2.45, 2.75) is 33.2 Å². The molecule has 0 saturated carbocycles. The number of esters is 1. The first-order valence-corrected chi connectivity index (χ1v) is 5.51. The third-order valence-corrected chi connectivity index (χ3v) is 2.20. The molecular formula is C13H18NO2+. The summed E-state index contributed by atoms with van der Waals surface area (Å²) in [7, 11) is 0. The van der Waals surface area contributed by atoms with Gasteiger partial charge in [-0.25, -0.2) is 4.79 Å². The van der Waals surface area contributed by atoms with E-state index in [2.05, 4.69) is 13.5 Å². The number of aromatic nitrogens is 1. The highest BCUT2D eigenvalue weighted by Crippen LogP contribution is 2.05. The van der Waals surface area contributed by atoms with Crippen molar-refractivity contribution in [1.29, 1.82) is 0 Å². The molecule has 0 bridgehead atoms. The Morgan fingerprint density at radius 3 is 2.88 bits per heavy atom. The van der Waals surface area contributed by atoms with Gasteiger partial charge >= 0.3 is 11.8 Å².